The molecule has 0 aliphatic carbocycles. The number of rotatable bonds is 0. The van der Waals surface area contributed by atoms with E-state index in [2.05, 4.69) is 25.8 Å². The van der Waals surface area contributed by atoms with Crippen LogP contribution in [-0.4, -0.2) is 30.6 Å². The van der Waals surface area contributed by atoms with Crippen molar-refractivity contribution < 1.29 is 0 Å². The molecule has 0 radical (unpaired) electrons. The molecule has 0 aromatic heterocycles. The Hall–Kier alpha value is -0.0800. The van der Waals surface area contributed by atoms with E-state index >= 15 is 0 Å². The SMILES string of the molecule is C[C@@H]1CN(C)[C@@H](C)C[C@H]1N. The zero-order valence-electron chi connectivity index (χ0n) is 7.17. The average Bonchev–Trinajstić information content (AvgIpc) is 1.84. The smallest absolute Gasteiger partial charge is 0.00915 e. The van der Waals surface area contributed by atoms with Gasteiger partial charge in [0.05, 0.1) is 0 Å². The predicted molar refractivity (Wildman–Crippen MR) is 43.8 cm³/mol. The number of likely N-dealkylation sites (tertiary alicyclic amines) is 1. The van der Waals surface area contributed by atoms with Crippen LogP contribution >= 0.6 is 0 Å². The van der Waals surface area contributed by atoms with Crippen LogP contribution in [0.3, 0.4) is 0 Å². The maximum Gasteiger partial charge on any atom is 0.00915 e. The van der Waals surface area contributed by atoms with Crippen molar-refractivity contribution in [3.8, 4) is 0 Å². The highest BCUT2D eigenvalue weighted by Gasteiger charge is 2.25. The zero-order valence-corrected chi connectivity index (χ0v) is 7.17. The number of hydrogen-bond donors (Lipinski definition) is 1. The van der Waals surface area contributed by atoms with Crippen molar-refractivity contribution in [3.63, 3.8) is 0 Å². The minimum absolute atomic E-state index is 0.422. The Morgan fingerprint density at radius 1 is 1.40 bits per heavy atom. The molecule has 2 N–H and O–H groups in total. The van der Waals surface area contributed by atoms with Gasteiger partial charge in [0.1, 0.15) is 0 Å². The summed E-state index contributed by atoms with van der Waals surface area (Å²) in [7, 11) is 2.17. The summed E-state index contributed by atoms with van der Waals surface area (Å²) in [5, 5.41) is 0. The molecule has 1 saturated heterocycles. The van der Waals surface area contributed by atoms with E-state index in [1.54, 1.807) is 0 Å². The molecule has 3 atom stereocenters. The molecule has 2 nitrogen and oxygen atoms in total. The molecule has 60 valence electrons. The van der Waals surface area contributed by atoms with Gasteiger partial charge >= 0.3 is 0 Å². The summed E-state index contributed by atoms with van der Waals surface area (Å²) in [5.41, 5.74) is 5.90. The third-order valence-electron chi connectivity index (χ3n) is 2.67. The van der Waals surface area contributed by atoms with Gasteiger partial charge in [0.2, 0.25) is 0 Å². The molecule has 1 heterocycles. The fourth-order valence-electron chi connectivity index (χ4n) is 1.58. The van der Waals surface area contributed by atoms with Crippen molar-refractivity contribution in [3.05, 3.63) is 0 Å². The number of nitrogens with two attached hydrogens (primary N) is 1. The third-order valence-corrected chi connectivity index (χ3v) is 2.67. The fourth-order valence-corrected chi connectivity index (χ4v) is 1.58. The quantitative estimate of drug-likeness (QED) is 0.539. The highest BCUT2D eigenvalue weighted by atomic mass is 15.1. The minimum atomic E-state index is 0.422. The molecule has 0 aromatic rings. The first-order valence-corrected chi connectivity index (χ1v) is 4.07. The van der Waals surface area contributed by atoms with Gasteiger partial charge in [-0.15, -0.1) is 0 Å². The number of nitrogens with zero attached hydrogens (tertiary/aromatic N) is 1. The van der Waals surface area contributed by atoms with Crippen LogP contribution in [-0.2, 0) is 0 Å². The van der Waals surface area contributed by atoms with E-state index in [1.165, 1.54) is 0 Å². The summed E-state index contributed by atoms with van der Waals surface area (Å²) in [5.74, 6) is 0.668. The van der Waals surface area contributed by atoms with Gasteiger partial charge in [-0.05, 0) is 26.3 Å². The molecule has 0 unspecified atom stereocenters. The van der Waals surface area contributed by atoms with Crippen LogP contribution in [0.4, 0.5) is 0 Å². The van der Waals surface area contributed by atoms with Gasteiger partial charge in [-0.25, -0.2) is 0 Å². The molecule has 0 spiro atoms. The molecule has 1 aliphatic heterocycles. The summed E-state index contributed by atoms with van der Waals surface area (Å²) in [4.78, 5) is 2.38. The highest BCUT2D eigenvalue weighted by Crippen LogP contribution is 2.18. The van der Waals surface area contributed by atoms with Crippen LogP contribution in [0.15, 0.2) is 0 Å². The summed E-state index contributed by atoms with van der Waals surface area (Å²) >= 11 is 0. The van der Waals surface area contributed by atoms with Crippen LogP contribution in [0.5, 0.6) is 0 Å². The van der Waals surface area contributed by atoms with Crippen LogP contribution in [0.25, 0.3) is 0 Å². The molecule has 0 saturated carbocycles. The molecule has 2 heteroatoms. The van der Waals surface area contributed by atoms with E-state index in [9.17, 15) is 0 Å². The van der Waals surface area contributed by atoms with Crippen molar-refractivity contribution in [2.24, 2.45) is 11.7 Å². The zero-order chi connectivity index (χ0) is 7.72. The lowest BCUT2D eigenvalue weighted by atomic mass is 9.91. The van der Waals surface area contributed by atoms with Gasteiger partial charge in [-0.3, -0.25) is 0 Å². The van der Waals surface area contributed by atoms with Crippen molar-refractivity contribution in [2.75, 3.05) is 13.6 Å². The molecular weight excluding hydrogens is 124 g/mol. The Morgan fingerprint density at radius 2 is 2.00 bits per heavy atom. The molecule has 1 aliphatic rings. The lowest BCUT2D eigenvalue weighted by Crippen LogP contribution is -2.48. The van der Waals surface area contributed by atoms with E-state index in [1.807, 2.05) is 0 Å². The maximum absolute atomic E-state index is 5.90. The van der Waals surface area contributed by atoms with Gasteiger partial charge < -0.3 is 10.6 Å². The van der Waals surface area contributed by atoms with Gasteiger partial charge in [0, 0.05) is 18.6 Å². The minimum Gasteiger partial charge on any atom is -0.327 e. The number of hydrogen-bond acceptors (Lipinski definition) is 2. The van der Waals surface area contributed by atoms with Crippen molar-refractivity contribution in [1.29, 1.82) is 0 Å². The fraction of sp³-hybridized carbons (Fsp3) is 1.00. The van der Waals surface area contributed by atoms with Crippen LogP contribution in [0.1, 0.15) is 20.3 Å². The largest absolute Gasteiger partial charge is 0.327 e. The monoisotopic (exact) mass is 142 g/mol. The summed E-state index contributed by atoms with van der Waals surface area (Å²) in [6.07, 6.45) is 1.15. The molecule has 0 amide bonds. The van der Waals surface area contributed by atoms with Gasteiger partial charge in [-0.2, -0.15) is 0 Å². The Bertz CT molecular complexity index is 87.8. The molecule has 1 fully saturated rings. The van der Waals surface area contributed by atoms with E-state index in [-0.39, 0.29) is 0 Å². The summed E-state index contributed by atoms with van der Waals surface area (Å²) in [6.45, 7) is 5.63. The Kier molecular flexibility index (Phi) is 2.32. The Balaban J connectivity index is 2.46. The molecule has 1 rings (SSSR count). The van der Waals surface area contributed by atoms with Crippen LogP contribution in [0.2, 0.25) is 0 Å². The summed E-state index contributed by atoms with van der Waals surface area (Å²) in [6, 6.07) is 1.09. The van der Waals surface area contributed by atoms with Crippen molar-refractivity contribution in [2.45, 2.75) is 32.4 Å². The van der Waals surface area contributed by atoms with Gasteiger partial charge in [0.15, 0.2) is 0 Å². The maximum atomic E-state index is 5.90. The second-order valence-corrected chi connectivity index (χ2v) is 3.67. The van der Waals surface area contributed by atoms with Gasteiger partial charge in [-0.1, -0.05) is 6.92 Å². The highest BCUT2D eigenvalue weighted by molar-refractivity contribution is 4.83. The van der Waals surface area contributed by atoms with E-state index < -0.39 is 0 Å². The second-order valence-electron chi connectivity index (χ2n) is 3.67. The van der Waals surface area contributed by atoms with E-state index in [0.29, 0.717) is 18.0 Å². The molecule has 0 aromatic carbocycles. The van der Waals surface area contributed by atoms with Crippen LogP contribution in [0, 0.1) is 5.92 Å². The normalized spacial score (nSPS) is 43.8. The lowest BCUT2D eigenvalue weighted by molar-refractivity contribution is 0.138. The molecule has 0 bridgehead atoms. The first-order chi connectivity index (χ1) is 4.61. The van der Waals surface area contributed by atoms with Crippen molar-refractivity contribution >= 4 is 0 Å². The number of piperidine rings is 1. The first kappa shape index (κ1) is 8.02. The second kappa shape index (κ2) is 2.89. The Morgan fingerprint density at radius 3 is 2.50 bits per heavy atom. The first-order valence-electron chi connectivity index (χ1n) is 4.07. The predicted octanol–water partition coefficient (Wildman–Crippen LogP) is 0.674. The van der Waals surface area contributed by atoms with E-state index in [4.69, 9.17) is 5.73 Å². The lowest BCUT2D eigenvalue weighted by Gasteiger charge is -2.37. The Labute approximate surface area is 63.4 Å². The molecular formula is C8H18N2. The third kappa shape index (κ3) is 1.50. The molecule has 10 heavy (non-hydrogen) atoms. The van der Waals surface area contributed by atoms with Gasteiger partial charge in [0.25, 0.3) is 0 Å². The van der Waals surface area contributed by atoms with Crippen molar-refractivity contribution in [1.82, 2.24) is 4.90 Å². The summed E-state index contributed by atoms with van der Waals surface area (Å²) < 4.78 is 0. The average molecular weight is 142 g/mol. The van der Waals surface area contributed by atoms with E-state index in [0.717, 1.165) is 13.0 Å². The topological polar surface area (TPSA) is 29.3 Å². The van der Waals surface area contributed by atoms with Crippen LogP contribution < -0.4 is 5.73 Å². The standard InChI is InChI=1S/C8H18N2/c1-6-5-10(3)7(2)4-8(6)9/h6-8H,4-5,9H2,1-3H3/t6-,7+,8-/m1/s1.